The molecule has 0 radical (unpaired) electrons. The molecule has 2 saturated heterocycles. The summed E-state index contributed by atoms with van der Waals surface area (Å²) >= 11 is 0. The van der Waals surface area contributed by atoms with Gasteiger partial charge < -0.3 is 15.1 Å². The molecule has 1 N–H and O–H groups in total. The number of carbonyl (C=O) groups excluding carboxylic acids is 2. The zero-order valence-electron chi connectivity index (χ0n) is 17.6. The number of nitrogens with one attached hydrogen (secondary N) is 1. The van der Waals surface area contributed by atoms with Gasteiger partial charge in [0.05, 0.1) is 0 Å². The Labute approximate surface area is 180 Å². The Morgan fingerprint density at radius 3 is 2.28 bits per heavy atom. The van der Waals surface area contributed by atoms with E-state index in [2.05, 4.69) is 31.3 Å². The maximum Gasteiger partial charge on any atom is 0.239 e. The van der Waals surface area contributed by atoms with Crippen LogP contribution in [0.1, 0.15) is 57.4 Å². The quantitative estimate of drug-likeness (QED) is 0.717. The molecule has 2 aliphatic heterocycles. The third-order valence-electron chi connectivity index (χ3n) is 6.57. The Morgan fingerprint density at radius 2 is 1.69 bits per heavy atom. The van der Waals surface area contributed by atoms with Gasteiger partial charge in [0.25, 0.3) is 0 Å². The second kappa shape index (κ2) is 9.48. The van der Waals surface area contributed by atoms with Crippen LogP contribution < -0.4 is 10.2 Å². The molecule has 2 amide bonds. The summed E-state index contributed by atoms with van der Waals surface area (Å²) in [5, 5.41) is 3.65. The summed E-state index contributed by atoms with van der Waals surface area (Å²) in [5.74, 6) is 0.861. The van der Waals surface area contributed by atoms with Crippen molar-refractivity contribution in [3.63, 3.8) is 0 Å². The maximum atomic E-state index is 13.0. The molecule has 2 heterocycles. The van der Waals surface area contributed by atoms with Crippen LogP contribution in [-0.4, -0.2) is 48.9 Å². The summed E-state index contributed by atoms with van der Waals surface area (Å²) in [5.41, 5.74) is 2.17. The highest BCUT2D eigenvalue weighted by Gasteiger charge is 2.40. The van der Waals surface area contributed by atoms with Gasteiger partial charge in [0.2, 0.25) is 11.8 Å². The molecule has 29 heavy (non-hydrogen) atoms. The minimum atomic E-state index is -0.499. The van der Waals surface area contributed by atoms with E-state index in [0.717, 1.165) is 44.1 Å². The van der Waals surface area contributed by atoms with Crippen LogP contribution in [0.3, 0.4) is 0 Å². The molecule has 1 saturated carbocycles. The van der Waals surface area contributed by atoms with E-state index in [0.29, 0.717) is 24.9 Å². The topological polar surface area (TPSA) is 52.7 Å². The van der Waals surface area contributed by atoms with Crippen LogP contribution in [0.4, 0.5) is 5.69 Å². The molecule has 1 unspecified atom stereocenters. The lowest BCUT2D eigenvalue weighted by atomic mass is 10.0. The van der Waals surface area contributed by atoms with Gasteiger partial charge in [0, 0.05) is 31.4 Å². The van der Waals surface area contributed by atoms with Crippen LogP contribution in [0, 0.1) is 11.8 Å². The number of likely N-dealkylation sites (tertiary alicyclic amines) is 1. The largest absolute Gasteiger partial charge is 0.342 e. The Morgan fingerprint density at radius 1 is 1.03 bits per heavy atom. The molecule has 0 bridgehead atoms. The summed E-state index contributed by atoms with van der Waals surface area (Å²) < 4.78 is 0. The van der Waals surface area contributed by atoms with Crippen molar-refractivity contribution in [2.45, 2.75) is 57.9 Å². The Kier molecular flexibility index (Phi) is 7.23. The Balaban J connectivity index is 0.00000240. The fraction of sp³-hybridized carbons (Fsp3) is 0.652. The average Bonchev–Trinajstić information content (AvgIpc) is 3.47. The molecule has 1 atom stereocenters. The predicted molar refractivity (Wildman–Crippen MR) is 119 cm³/mol. The summed E-state index contributed by atoms with van der Waals surface area (Å²) in [7, 11) is 0. The lowest BCUT2D eigenvalue weighted by molar-refractivity contribution is -0.140. The molecule has 1 aliphatic carbocycles. The monoisotopic (exact) mass is 419 g/mol. The number of rotatable bonds is 6. The Bertz CT molecular complexity index is 709. The first-order chi connectivity index (χ1) is 13.5. The van der Waals surface area contributed by atoms with Gasteiger partial charge in [-0.2, -0.15) is 0 Å². The van der Waals surface area contributed by atoms with Crippen molar-refractivity contribution in [3.05, 3.63) is 29.8 Å². The molecular weight excluding hydrogens is 386 g/mol. The molecule has 5 nitrogen and oxygen atoms in total. The lowest BCUT2D eigenvalue weighted by Crippen LogP contribution is -2.48. The third kappa shape index (κ3) is 5.13. The van der Waals surface area contributed by atoms with Crippen LogP contribution in [0.15, 0.2) is 24.3 Å². The fourth-order valence-electron chi connectivity index (χ4n) is 4.38. The molecule has 0 aromatic heterocycles. The highest BCUT2D eigenvalue weighted by molar-refractivity contribution is 6.09. The number of hydrogen-bond donors (Lipinski definition) is 1. The predicted octanol–water partition coefficient (Wildman–Crippen LogP) is 3.58. The van der Waals surface area contributed by atoms with Crippen molar-refractivity contribution in [3.8, 4) is 0 Å². The van der Waals surface area contributed by atoms with Gasteiger partial charge in [-0.3, -0.25) is 9.59 Å². The van der Waals surface area contributed by atoms with Gasteiger partial charge in [-0.1, -0.05) is 26.0 Å². The van der Waals surface area contributed by atoms with Crippen LogP contribution in [0.25, 0.3) is 0 Å². The molecule has 6 heteroatoms. The second-order valence-electron chi connectivity index (χ2n) is 9.03. The minimum absolute atomic E-state index is 0. The van der Waals surface area contributed by atoms with E-state index in [1.54, 1.807) is 4.90 Å². The zero-order chi connectivity index (χ0) is 19.7. The number of anilines is 1. The van der Waals surface area contributed by atoms with Gasteiger partial charge in [0.1, 0.15) is 5.92 Å². The fourth-order valence-corrected chi connectivity index (χ4v) is 4.38. The lowest BCUT2D eigenvalue weighted by Gasteiger charge is -2.33. The summed E-state index contributed by atoms with van der Waals surface area (Å²) in [6.07, 6.45) is 5.36. The van der Waals surface area contributed by atoms with Crippen molar-refractivity contribution >= 4 is 29.9 Å². The molecule has 0 spiro atoms. The van der Waals surface area contributed by atoms with Gasteiger partial charge in [-0.05, 0) is 68.2 Å². The minimum Gasteiger partial charge on any atom is -0.342 e. The summed E-state index contributed by atoms with van der Waals surface area (Å²) in [6, 6.07) is 8.72. The number of piperidine rings is 1. The molecule has 3 fully saturated rings. The van der Waals surface area contributed by atoms with E-state index < -0.39 is 5.92 Å². The standard InChI is InChI=1S/C23H33N3O2.ClH/c1-16(2)18-5-7-20(8-6-18)26-14-11-21(23(26)28)22(27)25-12-9-19(10-13-25)24-15-17-3-4-17;/h5-8,16-17,19,21,24H,3-4,9-15H2,1-2H3;1H. The molecule has 160 valence electrons. The van der Waals surface area contributed by atoms with Crippen molar-refractivity contribution in [2.24, 2.45) is 11.8 Å². The molecule has 4 rings (SSSR count). The molecular formula is C23H34ClN3O2. The maximum absolute atomic E-state index is 13.0. The summed E-state index contributed by atoms with van der Waals surface area (Å²) in [4.78, 5) is 29.6. The van der Waals surface area contributed by atoms with Gasteiger partial charge in [0.15, 0.2) is 0 Å². The van der Waals surface area contributed by atoms with Crippen molar-refractivity contribution < 1.29 is 9.59 Å². The smallest absolute Gasteiger partial charge is 0.239 e. The SMILES string of the molecule is CC(C)c1ccc(N2CCC(C(=O)N3CCC(NCC4CC4)CC3)C2=O)cc1.Cl. The highest BCUT2D eigenvalue weighted by Crippen LogP contribution is 2.30. The number of carbonyl (C=O) groups is 2. The molecule has 1 aromatic carbocycles. The first-order valence-corrected chi connectivity index (χ1v) is 11.0. The van der Waals surface area contributed by atoms with Crippen molar-refractivity contribution in [1.82, 2.24) is 10.2 Å². The number of halogens is 1. The second-order valence-corrected chi connectivity index (χ2v) is 9.03. The van der Waals surface area contributed by atoms with Crippen LogP contribution in [-0.2, 0) is 9.59 Å². The van der Waals surface area contributed by atoms with Gasteiger partial charge >= 0.3 is 0 Å². The van der Waals surface area contributed by atoms with E-state index in [1.807, 2.05) is 17.0 Å². The van der Waals surface area contributed by atoms with Crippen LogP contribution in [0.5, 0.6) is 0 Å². The van der Waals surface area contributed by atoms with E-state index in [4.69, 9.17) is 0 Å². The van der Waals surface area contributed by atoms with E-state index in [9.17, 15) is 9.59 Å². The zero-order valence-corrected chi connectivity index (χ0v) is 18.4. The first-order valence-electron chi connectivity index (χ1n) is 11.0. The number of benzene rings is 1. The number of nitrogens with zero attached hydrogens (tertiary/aromatic N) is 2. The first kappa shape index (κ1) is 22.1. The van der Waals surface area contributed by atoms with E-state index in [1.165, 1.54) is 18.4 Å². The van der Waals surface area contributed by atoms with Gasteiger partial charge in [-0.25, -0.2) is 0 Å². The van der Waals surface area contributed by atoms with Crippen molar-refractivity contribution in [1.29, 1.82) is 0 Å². The molecule has 3 aliphatic rings. The van der Waals surface area contributed by atoms with Crippen LogP contribution >= 0.6 is 12.4 Å². The normalized spacial score (nSPS) is 22.9. The Hall–Kier alpha value is -1.59. The number of amides is 2. The number of hydrogen-bond acceptors (Lipinski definition) is 3. The van der Waals surface area contributed by atoms with E-state index >= 15 is 0 Å². The van der Waals surface area contributed by atoms with Crippen molar-refractivity contribution in [2.75, 3.05) is 31.1 Å². The van der Waals surface area contributed by atoms with Crippen LogP contribution in [0.2, 0.25) is 0 Å². The van der Waals surface area contributed by atoms with Gasteiger partial charge in [-0.15, -0.1) is 12.4 Å². The van der Waals surface area contributed by atoms with E-state index in [-0.39, 0.29) is 24.2 Å². The highest BCUT2D eigenvalue weighted by atomic mass is 35.5. The average molecular weight is 420 g/mol. The molecule has 1 aromatic rings. The summed E-state index contributed by atoms with van der Waals surface area (Å²) in [6.45, 7) is 7.63. The third-order valence-corrected chi connectivity index (χ3v) is 6.57.